The maximum Gasteiger partial charge on any atom is 0.274 e. The van der Waals surface area contributed by atoms with Crippen LogP contribution in [0.15, 0.2) is 46.9 Å². The molecule has 1 aromatic rings. The van der Waals surface area contributed by atoms with Crippen LogP contribution in [0.3, 0.4) is 0 Å². The molecule has 2 rings (SSSR count). The molecule has 0 aromatic heterocycles. The van der Waals surface area contributed by atoms with Crippen LogP contribution < -0.4 is 9.64 Å². The van der Waals surface area contributed by atoms with E-state index in [1.165, 1.54) is 4.90 Å². The molecule has 0 saturated heterocycles. The molecule has 7 nitrogen and oxygen atoms in total. The summed E-state index contributed by atoms with van der Waals surface area (Å²) in [5.41, 5.74) is 2.01. The van der Waals surface area contributed by atoms with E-state index >= 15 is 0 Å². The minimum absolute atomic E-state index is 0.0424. The second-order valence-corrected chi connectivity index (χ2v) is 9.52. The maximum atomic E-state index is 13.3. The number of hydrogen-bond donors (Lipinski definition) is 0. The van der Waals surface area contributed by atoms with E-state index in [1.54, 1.807) is 12.2 Å². The van der Waals surface area contributed by atoms with Crippen molar-refractivity contribution in [3.05, 3.63) is 75.3 Å². The first-order chi connectivity index (χ1) is 18.4. The average molecular weight is 514 g/mol. The zero-order chi connectivity index (χ0) is 28.1. The van der Waals surface area contributed by atoms with E-state index in [4.69, 9.17) is 17.9 Å². The number of amides is 1. The van der Waals surface area contributed by atoms with Crippen LogP contribution >= 0.6 is 0 Å². The zero-order valence-electron chi connectivity index (χ0n) is 23.4. The number of carbonyl (C=O) groups excluding carboxylic acids is 1. The number of allylic oxidation sites excluding steroid dienone is 1. The van der Waals surface area contributed by atoms with Crippen molar-refractivity contribution in [2.24, 2.45) is 0 Å². The molecule has 0 saturated carbocycles. The van der Waals surface area contributed by atoms with Gasteiger partial charge in [0.25, 0.3) is 5.70 Å². The topological polar surface area (TPSA) is 65.3 Å². The normalized spacial score (nSPS) is 14.6. The smallest absolute Gasteiger partial charge is 0.274 e. The number of benzene rings is 1. The molecular formula is C31H39N5O2. The minimum atomic E-state index is -0.361. The lowest BCUT2D eigenvalue weighted by molar-refractivity contribution is -0.124. The van der Waals surface area contributed by atoms with Gasteiger partial charge < -0.3 is 14.5 Å². The van der Waals surface area contributed by atoms with Crippen molar-refractivity contribution in [1.82, 2.24) is 4.90 Å². The van der Waals surface area contributed by atoms with Crippen molar-refractivity contribution in [3.8, 4) is 11.8 Å². The van der Waals surface area contributed by atoms with Crippen molar-refractivity contribution < 1.29 is 9.53 Å². The molecule has 0 aliphatic carbocycles. The molecule has 1 aromatic carbocycles. The summed E-state index contributed by atoms with van der Waals surface area (Å²) in [6.07, 6.45) is 9.37. The Balaban J connectivity index is 2.56. The van der Waals surface area contributed by atoms with Crippen molar-refractivity contribution in [2.45, 2.75) is 79.2 Å². The van der Waals surface area contributed by atoms with Gasteiger partial charge in [-0.2, -0.15) is 0 Å². The van der Waals surface area contributed by atoms with Crippen LogP contribution in [0.4, 0.5) is 5.69 Å². The molecule has 7 heteroatoms. The Morgan fingerprint density at radius 2 is 1.76 bits per heavy atom. The van der Waals surface area contributed by atoms with Crippen LogP contribution in [-0.4, -0.2) is 36.5 Å². The van der Waals surface area contributed by atoms with Crippen molar-refractivity contribution in [2.75, 3.05) is 24.5 Å². The number of ether oxygens (including phenoxy) is 1. The highest BCUT2D eigenvalue weighted by molar-refractivity contribution is 6.04. The van der Waals surface area contributed by atoms with Gasteiger partial charge in [-0.05, 0) is 45.2 Å². The first-order valence-corrected chi connectivity index (χ1v) is 13.6. The van der Waals surface area contributed by atoms with Crippen LogP contribution in [0.5, 0.6) is 5.75 Å². The Labute approximate surface area is 228 Å². The Hall–Kier alpha value is -4.02. The molecule has 0 spiro atoms. The van der Waals surface area contributed by atoms with Crippen LogP contribution in [0.1, 0.15) is 78.7 Å². The lowest BCUT2D eigenvalue weighted by atomic mass is 10.1. The minimum Gasteiger partial charge on any atom is -0.490 e. The van der Waals surface area contributed by atoms with E-state index in [-0.39, 0.29) is 34.7 Å². The molecule has 1 aliphatic rings. The van der Waals surface area contributed by atoms with Crippen LogP contribution in [0, 0.1) is 24.5 Å². The summed E-state index contributed by atoms with van der Waals surface area (Å²) >= 11 is 0. The van der Waals surface area contributed by atoms with Gasteiger partial charge in [0, 0.05) is 42.5 Å². The van der Waals surface area contributed by atoms with Gasteiger partial charge in [-0.25, -0.2) is 15.0 Å². The molecular weight excluding hydrogens is 474 g/mol. The van der Waals surface area contributed by atoms with E-state index in [2.05, 4.69) is 40.6 Å². The zero-order valence-corrected chi connectivity index (χ0v) is 23.4. The van der Waals surface area contributed by atoms with E-state index in [1.807, 2.05) is 32.9 Å². The van der Waals surface area contributed by atoms with Gasteiger partial charge in [0.2, 0.25) is 11.6 Å². The first-order valence-electron chi connectivity index (χ1n) is 13.6. The third kappa shape index (κ3) is 7.50. The van der Waals surface area contributed by atoms with Gasteiger partial charge in [0.1, 0.15) is 5.75 Å². The number of nitrogens with zero attached hydrogens (tertiary/aromatic N) is 5. The first kappa shape index (κ1) is 30.2. The summed E-state index contributed by atoms with van der Waals surface area (Å²) in [6, 6.07) is 7.97. The second kappa shape index (κ2) is 15.3. The quantitative estimate of drug-likeness (QED) is 0.192. The number of nitriles is 1. The molecule has 0 N–H and O–H groups in total. The maximum absolute atomic E-state index is 13.3. The van der Waals surface area contributed by atoms with Crippen LogP contribution in [0.25, 0.3) is 15.8 Å². The third-order valence-electron chi connectivity index (χ3n) is 6.23. The van der Waals surface area contributed by atoms with E-state index in [0.29, 0.717) is 18.7 Å². The van der Waals surface area contributed by atoms with Crippen molar-refractivity contribution in [1.29, 1.82) is 5.26 Å². The fourth-order valence-electron chi connectivity index (χ4n) is 4.22. The summed E-state index contributed by atoms with van der Waals surface area (Å²) in [5, 5.41) is 9.50. The molecule has 0 fully saturated rings. The summed E-state index contributed by atoms with van der Waals surface area (Å²) < 4.78 is 6.17. The fraction of sp³-hybridized carbons (Fsp3) is 0.484. The highest BCUT2D eigenvalue weighted by Gasteiger charge is 2.36. The third-order valence-corrected chi connectivity index (χ3v) is 6.23. The molecule has 0 unspecified atom stereocenters. The Morgan fingerprint density at radius 1 is 1.11 bits per heavy atom. The second-order valence-electron chi connectivity index (χ2n) is 9.52. The molecule has 0 atom stereocenters. The van der Waals surface area contributed by atoms with E-state index < -0.39 is 0 Å². The molecule has 1 heterocycles. The van der Waals surface area contributed by atoms with Gasteiger partial charge in [0.05, 0.1) is 31.0 Å². The molecule has 0 radical (unpaired) electrons. The van der Waals surface area contributed by atoms with Gasteiger partial charge in [0.15, 0.2) is 0 Å². The molecule has 38 heavy (non-hydrogen) atoms. The largest absolute Gasteiger partial charge is 0.490 e. The summed E-state index contributed by atoms with van der Waals surface area (Å²) in [7, 11) is 0. The van der Waals surface area contributed by atoms with Crippen LogP contribution in [0.2, 0.25) is 0 Å². The SMILES string of the molecule is [C-]#[N+]C1=C(/C=C/c2ccc(N(CCCC)CCCC)cc2OC(C)C)C(=O)N(CCCC)/C1=C(\C#N)[N+]#[C-]. The number of anilines is 1. The van der Waals surface area contributed by atoms with Crippen LogP contribution in [-0.2, 0) is 4.79 Å². The highest BCUT2D eigenvalue weighted by atomic mass is 16.5. The van der Waals surface area contributed by atoms with Crippen molar-refractivity contribution in [3.63, 3.8) is 0 Å². The van der Waals surface area contributed by atoms with E-state index in [0.717, 1.165) is 56.4 Å². The van der Waals surface area contributed by atoms with Crippen molar-refractivity contribution >= 4 is 17.7 Å². The Bertz CT molecular complexity index is 1180. The number of carbonyl (C=O) groups is 1. The summed E-state index contributed by atoms with van der Waals surface area (Å²) in [4.78, 5) is 24.0. The standard InChI is InChI=1S/C31H39N5O2/c1-8-11-18-35(19-12-9-2)25-16-14-24(28(21-25)38-23(4)5)15-17-26-29(34-7)30(27(22-32)33-6)36(31(26)37)20-13-10-3/h14-17,21,23H,8-13,18-20H2,1-5H3/b17-15+,30-27+. The monoisotopic (exact) mass is 513 g/mol. The van der Waals surface area contributed by atoms with Gasteiger partial charge in [-0.3, -0.25) is 4.79 Å². The van der Waals surface area contributed by atoms with Gasteiger partial charge in [-0.1, -0.05) is 52.2 Å². The number of rotatable bonds is 14. The van der Waals surface area contributed by atoms with E-state index in [9.17, 15) is 10.1 Å². The average Bonchev–Trinajstić information content (AvgIpc) is 3.17. The molecule has 1 aliphatic heterocycles. The molecule has 200 valence electrons. The number of unbranched alkanes of at least 4 members (excludes halogenated alkanes) is 3. The highest BCUT2D eigenvalue weighted by Crippen LogP contribution is 2.35. The molecule has 0 bridgehead atoms. The summed E-state index contributed by atoms with van der Waals surface area (Å²) in [5.74, 6) is 0.347. The lowest BCUT2D eigenvalue weighted by Crippen LogP contribution is -2.27. The lowest BCUT2D eigenvalue weighted by Gasteiger charge is -2.26. The summed E-state index contributed by atoms with van der Waals surface area (Å²) in [6.45, 7) is 27.8. The predicted molar refractivity (Wildman–Crippen MR) is 153 cm³/mol. The van der Waals surface area contributed by atoms with Gasteiger partial charge in [-0.15, -0.1) is 0 Å². The fourth-order valence-corrected chi connectivity index (χ4v) is 4.22. The number of hydrogen-bond acceptors (Lipinski definition) is 4. The predicted octanol–water partition coefficient (Wildman–Crippen LogP) is 7.36. The molecule has 1 amide bonds. The van der Waals surface area contributed by atoms with Gasteiger partial charge >= 0.3 is 0 Å². The Morgan fingerprint density at radius 3 is 2.29 bits per heavy atom. The Kier molecular flexibility index (Phi) is 12.1.